The zero-order valence-corrected chi connectivity index (χ0v) is 7.94. The third kappa shape index (κ3) is 2.48. The normalized spacial score (nSPS) is 15.4. The molecule has 3 N–H and O–H groups in total. The van der Waals surface area contributed by atoms with Gasteiger partial charge < -0.3 is 15.6 Å². The summed E-state index contributed by atoms with van der Waals surface area (Å²) in [6.45, 7) is 0.642. The first kappa shape index (κ1) is 9.05. The molecule has 1 amide bonds. The van der Waals surface area contributed by atoms with Gasteiger partial charge in [-0.2, -0.15) is 0 Å². The van der Waals surface area contributed by atoms with E-state index in [0.29, 0.717) is 24.8 Å². The van der Waals surface area contributed by atoms with Crippen LogP contribution in [0.4, 0.5) is 5.82 Å². The van der Waals surface area contributed by atoms with E-state index in [1.165, 1.54) is 0 Å². The molecular weight excluding hydrogens is 180 g/mol. The summed E-state index contributed by atoms with van der Waals surface area (Å²) < 4.78 is 1.82. The topological polar surface area (TPSA) is 72.9 Å². The molecule has 1 aromatic heterocycles. The van der Waals surface area contributed by atoms with E-state index in [0.717, 1.165) is 12.8 Å². The molecule has 0 aliphatic heterocycles. The highest BCUT2D eigenvalue weighted by molar-refractivity contribution is 5.76. The van der Waals surface area contributed by atoms with Gasteiger partial charge >= 0.3 is 0 Å². The van der Waals surface area contributed by atoms with Crippen molar-refractivity contribution in [2.75, 3.05) is 5.73 Å². The predicted molar refractivity (Wildman–Crippen MR) is 52.4 cm³/mol. The Bertz CT molecular complexity index is 329. The lowest BCUT2D eigenvalue weighted by molar-refractivity contribution is -0.121. The number of nitrogens with zero attached hydrogens (tertiary/aromatic N) is 2. The molecule has 0 spiro atoms. The molecule has 2 rings (SSSR count). The molecular formula is C9H14N4O. The maximum Gasteiger partial charge on any atom is 0.222 e. The molecule has 0 saturated heterocycles. The van der Waals surface area contributed by atoms with Crippen LogP contribution in [0.5, 0.6) is 0 Å². The maximum absolute atomic E-state index is 11.3. The van der Waals surface area contributed by atoms with E-state index in [-0.39, 0.29) is 5.91 Å². The summed E-state index contributed by atoms with van der Waals surface area (Å²) in [6, 6.07) is 0.440. The van der Waals surface area contributed by atoms with Gasteiger partial charge in [0.15, 0.2) is 0 Å². The number of amides is 1. The fourth-order valence-electron chi connectivity index (χ4n) is 1.26. The van der Waals surface area contributed by atoms with E-state index in [4.69, 9.17) is 5.73 Å². The summed E-state index contributed by atoms with van der Waals surface area (Å²) in [6.07, 6.45) is 6.12. The molecule has 5 heteroatoms. The van der Waals surface area contributed by atoms with Crippen LogP contribution < -0.4 is 11.1 Å². The Morgan fingerprint density at radius 3 is 3.07 bits per heavy atom. The van der Waals surface area contributed by atoms with Gasteiger partial charge in [0.2, 0.25) is 5.91 Å². The molecule has 5 nitrogen and oxygen atoms in total. The summed E-state index contributed by atoms with van der Waals surface area (Å²) in [5.74, 6) is 0.604. The van der Waals surface area contributed by atoms with Crippen molar-refractivity contribution in [1.82, 2.24) is 14.9 Å². The molecule has 1 heterocycles. The predicted octanol–water partition coefficient (Wildman–Crippen LogP) is 0.134. The Balaban J connectivity index is 1.73. The summed E-state index contributed by atoms with van der Waals surface area (Å²) >= 11 is 0. The van der Waals surface area contributed by atoms with E-state index >= 15 is 0 Å². The van der Waals surface area contributed by atoms with Crippen LogP contribution in [0.15, 0.2) is 12.5 Å². The van der Waals surface area contributed by atoms with Crippen molar-refractivity contribution in [1.29, 1.82) is 0 Å². The molecule has 1 aliphatic rings. The molecule has 1 aliphatic carbocycles. The SMILES string of the molecule is Nc1cn(CCC(=O)NC2CC2)cn1. The van der Waals surface area contributed by atoms with Crippen molar-refractivity contribution < 1.29 is 4.79 Å². The van der Waals surface area contributed by atoms with Crippen molar-refractivity contribution in [2.24, 2.45) is 0 Å². The lowest BCUT2D eigenvalue weighted by Gasteiger charge is -2.03. The van der Waals surface area contributed by atoms with E-state index in [9.17, 15) is 4.79 Å². The lowest BCUT2D eigenvalue weighted by atomic mass is 10.4. The Morgan fingerprint density at radius 1 is 1.71 bits per heavy atom. The Kier molecular flexibility index (Phi) is 2.39. The quantitative estimate of drug-likeness (QED) is 0.715. The van der Waals surface area contributed by atoms with Crippen LogP contribution >= 0.6 is 0 Å². The molecule has 0 aromatic carbocycles. The highest BCUT2D eigenvalue weighted by Crippen LogP contribution is 2.18. The largest absolute Gasteiger partial charge is 0.382 e. The van der Waals surface area contributed by atoms with Crippen LogP contribution in [0.25, 0.3) is 0 Å². The fraction of sp³-hybridized carbons (Fsp3) is 0.556. The average Bonchev–Trinajstić information content (AvgIpc) is 2.85. The average molecular weight is 194 g/mol. The van der Waals surface area contributed by atoms with Crippen molar-refractivity contribution >= 4 is 11.7 Å². The zero-order valence-electron chi connectivity index (χ0n) is 7.94. The lowest BCUT2D eigenvalue weighted by Crippen LogP contribution is -2.26. The second-order valence-electron chi connectivity index (χ2n) is 3.63. The summed E-state index contributed by atoms with van der Waals surface area (Å²) in [5, 5.41) is 2.93. The van der Waals surface area contributed by atoms with E-state index in [1.807, 2.05) is 4.57 Å². The van der Waals surface area contributed by atoms with Crippen LogP contribution in [0.3, 0.4) is 0 Å². The van der Waals surface area contributed by atoms with Gasteiger partial charge in [0, 0.05) is 25.2 Å². The number of anilines is 1. The number of hydrogen-bond donors (Lipinski definition) is 2. The number of rotatable bonds is 4. The van der Waals surface area contributed by atoms with E-state index in [1.54, 1.807) is 12.5 Å². The molecule has 1 aromatic rings. The number of carbonyl (C=O) groups excluding carboxylic acids is 1. The molecule has 14 heavy (non-hydrogen) atoms. The number of hydrogen-bond acceptors (Lipinski definition) is 3. The van der Waals surface area contributed by atoms with Crippen molar-refractivity contribution in [2.45, 2.75) is 31.8 Å². The minimum absolute atomic E-state index is 0.111. The number of imidazole rings is 1. The van der Waals surface area contributed by atoms with Crippen LogP contribution in [-0.4, -0.2) is 21.5 Å². The summed E-state index contributed by atoms with van der Waals surface area (Å²) in [4.78, 5) is 15.2. The van der Waals surface area contributed by atoms with Gasteiger partial charge in [0.1, 0.15) is 5.82 Å². The number of nitrogen functional groups attached to an aromatic ring is 1. The third-order valence-corrected chi connectivity index (χ3v) is 2.19. The fourth-order valence-corrected chi connectivity index (χ4v) is 1.26. The molecule has 76 valence electrons. The second kappa shape index (κ2) is 3.69. The van der Waals surface area contributed by atoms with Gasteiger partial charge in [-0.15, -0.1) is 0 Å². The van der Waals surface area contributed by atoms with Gasteiger partial charge in [-0.05, 0) is 12.8 Å². The molecule has 0 bridgehead atoms. The number of nitrogens with one attached hydrogen (secondary N) is 1. The van der Waals surface area contributed by atoms with E-state index < -0.39 is 0 Å². The van der Waals surface area contributed by atoms with Crippen molar-refractivity contribution in [3.63, 3.8) is 0 Å². The smallest absolute Gasteiger partial charge is 0.222 e. The van der Waals surface area contributed by atoms with Crippen LogP contribution in [0.1, 0.15) is 19.3 Å². The van der Waals surface area contributed by atoms with Crippen LogP contribution in [0.2, 0.25) is 0 Å². The Hall–Kier alpha value is -1.52. The first-order valence-corrected chi connectivity index (χ1v) is 4.80. The van der Waals surface area contributed by atoms with Gasteiger partial charge in [0.05, 0.1) is 6.33 Å². The van der Waals surface area contributed by atoms with Gasteiger partial charge in [-0.1, -0.05) is 0 Å². The summed E-state index contributed by atoms with van der Waals surface area (Å²) in [5.41, 5.74) is 5.44. The maximum atomic E-state index is 11.3. The summed E-state index contributed by atoms with van der Waals surface area (Å²) in [7, 11) is 0. The Labute approximate surface area is 82.3 Å². The van der Waals surface area contributed by atoms with Gasteiger partial charge in [-0.3, -0.25) is 4.79 Å². The minimum atomic E-state index is 0.111. The highest BCUT2D eigenvalue weighted by atomic mass is 16.1. The monoisotopic (exact) mass is 194 g/mol. The molecule has 0 atom stereocenters. The van der Waals surface area contributed by atoms with Crippen LogP contribution in [-0.2, 0) is 11.3 Å². The van der Waals surface area contributed by atoms with Crippen molar-refractivity contribution in [3.8, 4) is 0 Å². The highest BCUT2D eigenvalue weighted by Gasteiger charge is 2.22. The minimum Gasteiger partial charge on any atom is -0.382 e. The van der Waals surface area contributed by atoms with Gasteiger partial charge in [-0.25, -0.2) is 4.98 Å². The number of carbonyl (C=O) groups is 1. The number of nitrogens with two attached hydrogens (primary N) is 1. The third-order valence-electron chi connectivity index (χ3n) is 2.19. The first-order valence-electron chi connectivity index (χ1n) is 4.80. The molecule has 1 saturated carbocycles. The van der Waals surface area contributed by atoms with E-state index in [2.05, 4.69) is 10.3 Å². The Morgan fingerprint density at radius 2 is 2.50 bits per heavy atom. The second-order valence-corrected chi connectivity index (χ2v) is 3.63. The number of aryl methyl sites for hydroxylation is 1. The van der Waals surface area contributed by atoms with Crippen molar-refractivity contribution in [3.05, 3.63) is 12.5 Å². The first-order chi connectivity index (χ1) is 6.74. The molecule has 0 unspecified atom stereocenters. The molecule has 0 radical (unpaired) electrons. The standard InChI is InChI=1S/C9H14N4O/c10-8-5-13(6-11-8)4-3-9(14)12-7-1-2-7/h5-7H,1-4,10H2,(H,12,14). The van der Waals surface area contributed by atoms with Crippen LogP contribution in [0, 0.1) is 0 Å². The van der Waals surface area contributed by atoms with Gasteiger partial charge in [0.25, 0.3) is 0 Å². The molecule has 1 fully saturated rings. The number of aromatic nitrogens is 2. The zero-order chi connectivity index (χ0) is 9.97.